The van der Waals surface area contributed by atoms with Gasteiger partial charge in [-0.3, -0.25) is 14.6 Å². The molecular formula is C14H22N2O3. The summed E-state index contributed by atoms with van der Waals surface area (Å²) in [6.45, 7) is 7.41. The van der Waals surface area contributed by atoms with Crippen LogP contribution in [0.4, 0.5) is 0 Å². The van der Waals surface area contributed by atoms with Crippen molar-refractivity contribution in [3.63, 3.8) is 0 Å². The van der Waals surface area contributed by atoms with Crippen LogP contribution in [0.5, 0.6) is 0 Å². The van der Waals surface area contributed by atoms with E-state index in [0.29, 0.717) is 6.04 Å². The third kappa shape index (κ3) is 3.58. The van der Waals surface area contributed by atoms with Gasteiger partial charge in [-0.25, -0.2) is 0 Å². The lowest BCUT2D eigenvalue weighted by Gasteiger charge is -2.39. The van der Waals surface area contributed by atoms with Crippen molar-refractivity contribution in [3.05, 3.63) is 24.2 Å². The van der Waals surface area contributed by atoms with Gasteiger partial charge in [-0.2, -0.15) is 0 Å². The Kier molecular flexibility index (Phi) is 4.61. The summed E-state index contributed by atoms with van der Waals surface area (Å²) in [5.74, 6) is 0.269. The van der Waals surface area contributed by atoms with Crippen molar-refractivity contribution in [2.24, 2.45) is 0 Å². The number of carbonyl (C=O) groups is 1. The second-order valence-electron chi connectivity index (χ2n) is 5.22. The normalized spacial score (nSPS) is 21.2. The summed E-state index contributed by atoms with van der Waals surface area (Å²) in [4.78, 5) is 15.4. The van der Waals surface area contributed by atoms with Crippen LogP contribution in [0.1, 0.15) is 19.6 Å². The van der Waals surface area contributed by atoms with E-state index in [4.69, 9.17) is 9.52 Å². The predicted molar refractivity (Wildman–Crippen MR) is 72.1 cm³/mol. The zero-order chi connectivity index (χ0) is 13.8. The van der Waals surface area contributed by atoms with Crippen molar-refractivity contribution < 1.29 is 14.3 Å². The molecule has 0 bridgehead atoms. The van der Waals surface area contributed by atoms with E-state index in [1.54, 1.807) is 13.2 Å². The molecule has 0 radical (unpaired) electrons. The molecule has 106 valence electrons. The van der Waals surface area contributed by atoms with Crippen LogP contribution in [0.2, 0.25) is 0 Å². The van der Waals surface area contributed by atoms with Gasteiger partial charge in [0.25, 0.3) is 0 Å². The van der Waals surface area contributed by atoms with E-state index in [-0.39, 0.29) is 6.04 Å². The summed E-state index contributed by atoms with van der Waals surface area (Å²) in [7, 11) is 0. The molecule has 1 fully saturated rings. The van der Waals surface area contributed by atoms with Gasteiger partial charge in [0.05, 0.1) is 6.26 Å². The van der Waals surface area contributed by atoms with Crippen molar-refractivity contribution >= 4 is 5.97 Å². The SMILES string of the molecule is CC(Cc1ccco1)N1CCN(C(C)C(=O)O)CC1. The number of hydrogen-bond donors (Lipinski definition) is 1. The molecule has 5 nitrogen and oxygen atoms in total. The van der Waals surface area contributed by atoms with Gasteiger partial charge < -0.3 is 9.52 Å². The Hall–Kier alpha value is -1.33. The third-order valence-corrected chi connectivity index (χ3v) is 3.95. The fraction of sp³-hybridized carbons (Fsp3) is 0.643. The maximum atomic E-state index is 11.0. The van der Waals surface area contributed by atoms with Crippen LogP contribution < -0.4 is 0 Å². The standard InChI is InChI=1S/C14H22N2O3/c1-11(10-13-4-3-9-19-13)15-5-7-16(8-6-15)12(2)14(17)18/h3-4,9,11-12H,5-8,10H2,1-2H3,(H,17,18). The highest BCUT2D eigenvalue weighted by atomic mass is 16.4. The largest absolute Gasteiger partial charge is 0.480 e. The Balaban J connectivity index is 1.81. The molecule has 0 amide bonds. The van der Waals surface area contributed by atoms with Crippen LogP contribution in [0.3, 0.4) is 0 Å². The molecule has 0 saturated carbocycles. The molecule has 2 unspecified atom stereocenters. The first-order valence-corrected chi connectivity index (χ1v) is 6.81. The van der Waals surface area contributed by atoms with Crippen molar-refractivity contribution in [2.45, 2.75) is 32.4 Å². The summed E-state index contributed by atoms with van der Waals surface area (Å²) in [6, 6.07) is 3.95. The second kappa shape index (κ2) is 6.21. The van der Waals surface area contributed by atoms with Crippen LogP contribution in [0.25, 0.3) is 0 Å². The Morgan fingerprint density at radius 2 is 1.95 bits per heavy atom. The van der Waals surface area contributed by atoms with Crippen LogP contribution in [0.15, 0.2) is 22.8 Å². The fourth-order valence-electron chi connectivity index (χ4n) is 2.57. The lowest BCUT2D eigenvalue weighted by Crippen LogP contribution is -2.54. The molecule has 5 heteroatoms. The highest BCUT2D eigenvalue weighted by Crippen LogP contribution is 2.13. The number of hydrogen-bond acceptors (Lipinski definition) is 4. The summed E-state index contributed by atoms with van der Waals surface area (Å²) in [6.07, 6.45) is 2.61. The minimum absolute atomic E-state index is 0.387. The first kappa shape index (κ1) is 14.1. The zero-order valence-electron chi connectivity index (χ0n) is 11.6. The van der Waals surface area contributed by atoms with Crippen LogP contribution >= 0.6 is 0 Å². The topological polar surface area (TPSA) is 56.9 Å². The van der Waals surface area contributed by atoms with Gasteiger partial charge in [0, 0.05) is 38.6 Å². The van der Waals surface area contributed by atoms with Crippen LogP contribution in [-0.4, -0.2) is 59.1 Å². The molecule has 2 rings (SSSR count). The number of carboxylic acid groups (broad SMARTS) is 1. The molecule has 1 aliphatic heterocycles. The highest BCUT2D eigenvalue weighted by molar-refractivity contribution is 5.72. The lowest BCUT2D eigenvalue weighted by molar-refractivity contribution is -0.143. The number of rotatable bonds is 5. The lowest BCUT2D eigenvalue weighted by atomic mass is 10.1. The first-order chi connectivity index (χ1) is 9.08. The smallest absolute Gasteiger partial charge is 0.320 e. The van der Waals surface area contributed by atoms with Gasteiger partial charge >= 0.3 is 5.97 Å². The molecule has 19 heavy (non-hydrogen) atoms. The number of nitrogens with zero attached hydrogens (tertiary/aromatic N) is 2. The molecule has 0 spiro atoms. The summed E-state index contributed by atoms with van der Waals surface area (Å²) < 4.78 is 5.37. The van der Waals surface area contributed by atoms with Crippen molar-refractivity contribution in [2.75, 3.05) is 26.2 Å². The first-order valence-electron chi connectivity index (χ1n) is 6.81. The van der Waals surface area contributed by atoms with E-state index in [9.17, 15) is 4.79 Å². The maximum absolute atomic E-state index is 11.0. The zero-order valence-corrected chi connectivity index (χ0v) is 11.6. The van der Waals surface area contributed by atoms with E-state index < -0.39 is 5.97 Å². The number of aliphatic carboxylic acids is 1. The van der Waals surface area contributed by atoms with E-state index in [1.807, 2.05) is 17.0 Å². The average Bonchev–Trinajstić information content (AvgIpc) is 2.90. The number of carboxylic acids is 1. The average molecular weight is 266 g/mol. The van der Waals surface area contributed by atoms with Crippen molar-refractivity contribution in [1.82, 2.24) is 9.80 Å². The minimum Gasteiger partial charge on any atom is -0.480 e. The van der Waals surface area contributed by atoms with Crippen molar-refractivity contribution in [1.29, 1.82) is 0 Å². The van der Waals surface area contributed by atoms with E-state index in [2.05, 4.69) is 11.8 Å². The van der Waals surface area contributed by atoms with Crippen molar-refractivity contribution in [3.8, 4) is 0 Å². The molecule has 1 aliphatic rings. The van der Waals surface area contributed by atoms with Gasteiger partial charge in [0.15, 0.2) is 0 Å². The highest BCUT2D eigenvalue weighted by Gasteiger charge is 2.27. The van der Waals surface area contributed by atoms with Gasteiger partial charge in [0.2, 0.25) is 0 Å². The monoisotopic (exact) mass is 266 g/mol. The summed E-state index contributed by atoms with van der Waals surface area (Å²) in [5.41, 5.74) is 0. The second-order valence-corrected chi connectivity index (χ2v) is 5.22. The molecule has 1 saturated heterocycles. The number of piperazine rings is 1. The molecule has 0 aromatic carbocycles. The Labute approximate surface area is 113 Å². The molecule has 1 N–H and O–H groups in total. The van der Waals surface area contributed by atoms with Gasteiger partial charge in [-0.1, -0.05) is 0 Å². The van der Waals surface area contributed by atoms with Gasteiger partial charge in [-0.15, -0.1) is 0 Å². The Morgan fingerprint density at radius 1 is 1.32 bits per heavy atom. The van der Waals surface area contributed by atoms with E-state index in [0.717, 1.165) is 38.4 Å². The number of furan rings is 1. The van der Waals surface area contributed by atoms with Gasteiger partial charge in [-0.05, 0) is 26.0 Å². The molecule has 2 atom stereocenters. The molecular weight excluding hydrogens is 244 g/mol. The molecule has 0 aliphatic carbocycles. The Morgan fingerprint density at radius 3 is 2.47 bits per heavy atom. The minimum atomic E-state index is -0.739. The predicted octanol–water partition coefficient (Wildman–Crippen LogP) is 1.30. The molecule has 1 aromatic heterocycles. The maximum Gasteiger partial charge on any atom is 0.320 e. The third-order valence-electron chi connectivity index (χ3n) is 3.95. The summed E-state index contributed by atoms with van der Waals surface area (Å²) >= 11 is 0. The molecule has 1 aromatic rings. The summed E-state index contributed by atoms with van der Waals surface area (Å²) in [5, 5.41) is 9.01. The molecule has 2 heterocycles. The van der Waals surface area contributed by atoms with E-state index in [1.165, 1.54) is 0 Å². The van der Waals surface area contributed by atoms with Crippen LogP contribution in [0, 0.1) is 0 Å². The van der Waals surface area contributed by atoms with E-state index >= 15 is 0 Å². The van der Waals surface area contributed by atoms with Crippen LogP contribution in [-0.2, 0) is 11.2 Å². The quantitative estimate of drug-likeness (QED) is 0.870. The fourth-order valence-corrected chi connectivity index (χ4v) is 2.57. The van der Waals surface area contributed by atoms with Gasteiger partial charge in [0.1, 0.15) is 11.8 Å². The Bertz CT molecular complexity index is 397.